The Hall–Kier alpha value is -2.32. The van der Waals surface area contributed by atoms with Crippen molar-refractivity contribution in [1.29, 1.82) is 0 Å². The SMILES string of the molecule is CC(=O)c1ccc(S(=O)(=O)N2CCCC(Oc3ccncn3)C2)cc1. The first kappa shape index (κ1) is 17.5. The van der Waals surface area contributed by atoms with Crippen LogP contribution in [0.25, 0.3) is 0 Å². The lowest BCUT2D eigenvalue weighted by molar-refractivity contribution is 0.101. The van der Waals surface area contributed by atoms with Gasteiger partial charge in [-0.2, -0.15) is 4.31 Å². The first-order chi connectivity index (χ1) is 12.0. The number of hydrogen-bond acceptors (Lipinski definition) is 6. The maximum absolute atomic E-state index is 12.8. The molecule has 0 spiro atoms. The quantitative estimate of drug-likeness (QED) is 0.756. The van der Waals surface area contributed by atoms with Crippen LogP contribution in [-0.2, 0) is 10.0 Å². The minimum absolute atomic E-state index is 0.0970. The number of nitrogens with zero attached hydrogens (tertiary/aromatic N) is 3. The summed E-state index contributed by atoms with van der Waals surface area (Å²) in [6, 6.07) is 7.66. The molecule has 1 aromatic heterocycles. The zero-order valence-corrected chi connectivity index (χ0v) is 14.6. The number of aromatic nitrogens is 2. The van der Waals surface area contributed by atoms with Gasteiger partial charge in [0.25, 0.3) is 0 Å². The maximum Gasteiger partial charge on any atom is 0.243 e. The molecular formula is C17H19N3O4S. The topological polar surface area (TPSA) is 89.5 Å². The third kappa shape index (κ3) is 4.02. The van der Waals surface area contributed by atoms with Crippen molar-refractivity contribution in [3.05, 3.63) is 48.4 Å². The largest absolute Gasteiger partial charge is 0.473 e. The van der Waals surface area contributed by atoms with Crippen LogP contribution in [0.15, 0.2) is 47.8 Å². The molecule has 3 rings (SSSR count). The number of piperidine rings is 1. The van der Waals surface area contributed by atoms with Gasteiger partial charge in [-0.25, -0.2) is 18.4 Å². The second-order valence-electron chi connectivity index (χ2n) is 5.87. The van der Waals surface area contributed by atoms with Gasteiger partial charge in [0.15, 0.2) is 5.78 Å². The van der Waals surface area contributed by atoms with Crippen molar-refractivity contribution in [2.45, 2.75) is 30.8 Å². The van der Waals surface area contributed by atoms with Crippen LogP contribution in [0.1, 0.15) is 30.1 Å². The Balaban J connectivity index is 1.74. The molecule has 0 bridgehead atoms. The third-order valence-corrected chi connectivity index (χ3v) is 5.96. The molecule has 1 saturated heterocycles. The summed E-state index contributed by atoms with van der Waals surface area (Å²) in [6.45, 7) is 2.16. The fourth-order valence-corrected chi connectivity index (χ4v) is 4.26. The fourth-order valence-electron chi connectivity index (χ4n) is 2.75. The lowest BCUT2D eigenvalue weighted by Crippen LogP contribution is -2.44. The maximum atomic E-state index is 12.8. The molecule has 132 valence electrons. The molecule has 0 saturated carbocycles. The van der Waals surface area contributed by atoms with Gasteiger partial charge in [-0.1, -0.05) is 12.1 Å². The summed E-state index contributed by atoms with van der Waals surface area (Å²) in [4.78, 5) is 19.4. The fraction of sp³-hybridized carbons (Fsp3) is 0.353. The zero-order chi connectivity index (χ0) is 17.9. The second kappa shape index (κ2) is 7.28. The average Bonchev–Trinajstić information content (AvgIpc) is 2.63. The molecule has 0 amide bonds. The first-order valence-corrected chi connectivity index (χ1v) is 9.44. The van der Waals surface area contributed by atoms with Gasteiger partial charge in [0, 0.05) is 24.4 Å². The number of carbonyl (C=O) groups is 1. The van der Waals surface area contributed by atoms with Crippen LogP contribution in [0.3, 0.4) is 0 Å². The van der Waals surface area contributed by atoms with Crippen LogP contribution in [-0.4, -0.2) is 47.7 Å². The standard InChI is InChI=1S/C17H19N3O4S/c1-13(21)14-4-6-16(7-5-14)25(22,23)20-10-2-3-15(11-20)24-17-8-9-18-12-19-17/h4-9,12,15H,2-3,10-11H2,1H3. The van der Waals surface area contributed by atoms with Gasteiger partial charge >= 0.3 is 0 Å². The number of carbonyl (C=O) groups excluding carboxylic acids is 1. The van der Waals surface area contributed by atoms with E-state index in [4.69, 9.17) is 4.74 Å². The van der Waals surface area contributed by atoms with E-state index in [-0.39, 0.29) is 23.3 Å². The van der Waals surface area contributed by atoms with Crippen LogP contribution in [0, 0.1) is 0 Å². The van der Waals surface area contributed by atoms with E-state index in [0.29, 0.717) is 24.4 Å². The Morgan fingerprint density at radius 3 is 2.64 bits per heavy atom. The Kier molecular flexibility index (Phi) is 5.10. The van der Waals surface area contributed by atoms with Gasteiger partial charge in [-0.05, 0) is 31.9 Å². The van der Waals surface area contributed by atoms with Gasteiger partial charge in [-0.3, -0.25) is 4.79 Å². The Bertz CT molecular complexity index is 838. The van der Waals surface area contributed by atoms with Gasteiger partial charge in [0.2, 0.25) is 15.9 Å². The zero-order valence-electron chi connectivity index (χ0n) is 13.8. The molecule has 25 heavy (non-hydrogen) atoms. The highest BCUT2D eigenvalue weighted by Crippen LogP contribution is 2.23. The molecule has 2 heterocycles. The smallest absolute Gasteiger partial charge is 0.243 e. The van der Waals surface area contributed by atoms with Gasteiger partial charge in [0.05, 0.1) is 11.4 Å². The Morgan fingerprint density at radius 2 is 2.00 bits per heavy atom. The molecule has 7 nitrogen and oxygen atoms in total. The Morgan fingerprint density at radius 1 is 1.24 bits per heavy atom. The molecule has 1 unspecified atom stereocenters. The minimum atomic E-state index is -3.62. The molecule has 1 aliphatic rings. The van der Waals surface area contributed by atoms with Crippen molar-refractivity contribution in [2.24, 2.45) is 0 Å². The molecular weight excluding hydrogens is 342 g/mol. The molecule has 8 heteroatoms. The summed E-state index contributed by atoms with van der Waals surface area (Å²) < 4.78 is 32.8. The van der Waals surface area contributed by atoms with E-state index < -0.39 is 10.0 Å². The summed E-state index contributed by atoms with van der Waals surface area (Å²) in [5, 5.41) is 0. The predicted octanol–water partition coefficient (Wildman–Crippen LogP) is 1.91. The second-order valence-corrected chi connectivity index (χ2v) is 7.81. The van der Waals surface area contributed by atoms with E-state index in [0.717, 1.165) is 6.42 Å². The van der Waals surface area contributed by atoms with Gasteiger partial charge in [0.1, 0.15) is 12.4 Å². The number of sulfonamides is 1. The minimum Gasteiger partial charge on any atom is -0.473 e. The molecule has 2 aromatic rings. The van der Waals surface area contributed by atoms with Crippen molar-refractivity contribution in [3.63, 3.8) is 0 Å². The number of hydrogen-bond donors (Lipinski definition) is 0. The van der Waals surface area contributed by atoms with E-state index in [1.807, 2.05) is 0 Å². The van der Waals surface area contributed by atoms with Crippen molar-refractivity contribution in [1.82, 2.24) is 14.3 Å². The normalized spacial score (nSPS) is 18.7. The summed E-state index contributed by atoms with van der Waals surface area (Å²) in [5.41, 5.74) is 0.488. The summed E-state index contributed by atoms with van der Waals surface area (Å²) in [5.74, 6) is 0.338. The van der Waals surface area contributed by atoms with Crippen molar-refractivity contribution < 1.29 is 17.9 Å². The summed E-state index contributed by atoms with van der Waals surface area (Å²) in [7, 11) is -3.62. The van der Waals surface area contributed by atoms with E-state index in [1.165, 1.54) is 41.8 Å². The van der Waals surface area contributed by atoms with Crippen LogP contribution in [0.5, 0.6) is 5.88 Å². The van der Waals surface area contributed by atoms with E-state index in [9.17, 15) is 13.2 Å². The molecule has 0 aliphatic carbocycles. The highest BCUT2D eigenvalue weighted by atomic mass is 32.2. The van der Waals surface area contributed by atoms with Crippen LogP contribution in [0.4, 0.5) is 0 Å². The highest BCUT2D eigenvalue weighted by Gasteiger charge is 2.31. The number of ether oxygens (including phenoxy) is 1. The Labute approximate surface area is 146 Å². The predicted molar refractivity (Wildman–Crippen MR) is 90.9 cm³/mol. The van der Waals surface area contributed by atoms with Gasteiger partial charge < -0.3 is 4.74 Å². The third-order valence-electron chi connectivity index (χ3n) is 4.08. The number of Topliss-reactive ketones (excluding diaryl/α,β-unsaturated/α-hetero) is 1. The lowest BCUT2D eigenvalue weighted by Gasteiger charge is -2.31. The van der Waals surface area contributed by atoms with Crippen LogP contribution >= 0.6 is 0 Å². The monoisotopic (exact) mass is 361 g/mol. The van der Waals surface area contributed by atoms with Crippen molar-refractivity contribution in [3.8, 4) is 5.88 Å². The van der Waals surface area contributed by atoms with Crippen molar-refractivity contribution >= 4 is 15.8 Å². The number of ketones is 1. The van der Waals surface area contributed by atoms with E-state index >= 15 is 0 Å². The number of benzene rings is 1. The molecule has 1 atom stereocenters. The van der Waals surface area contributed by atoms with E-state index in [1.54, 1.807) is 12.3 Å². The highest BCUT2D eigenvalue weighted by molar-refractivity contribution is 7.89. The lowest BCUT2D eigenvalue weighted by atomic mass is 10.1. The molecule has 1 aromatic carbocycles. The molecule has 1 aliphatic heterocycles. The molecule has 1 fully saturated rings. The van der Waals surface area contributed by atoms with Crippen LogP contribution < -0.4 is 4.74 Å². The first-order valence-electron chi connectivity index (χ1n) is 8.00. The summed E-state index contributed by atoms with van der Waals surface area (Å²) >= 11 is 0. The average molecular weight is 361 g/mol. The van der Waals surface area contributed by atoms with Gasteiger partial charge in [-0.15, -0.1) is 0 Å². The molecule has 0 radical (unpaired) electrons. The van der Waals surface area contributed by atoms with Crippen molar-refractivity contribution in [2.75, 3.05) is 13.1 Å². The van der Waals surface area contributed by atoms with Crippen LogP contribution in [0.2, 0.25) is 0 Å². The molecule has 0 N–H and O–H groups in total. The summed E-state index contributed by atoms with van der Waals surface area (Å²) in [6.07, 6.45) is 4.19. The number of rotatable bonds is 5. The van der Waals surface area contributed by atoms with E-state index in [2.05, 4.69) is 9.97 Å².